The van der Waals surface area contributed by atoms with Crippen LogP contribution >= 0.6 is 0 Å². The van der Waals surface area contributed by atoms with Gasteiger partial charge in [-0.05, 0) is 48.5 Å². The molecule has 1 amide bonds. The normalized spacial score (nSPS) is 10.9. The summed E-state index contributed by atoms with van der Waals surface area (Å²) in [5.74, 6) is -1.90. The largest absolute Gasteiger partial charge is 0.497 e. The van der Waals surface area contributed by atoms with E-state index in [9.17, 15) is 22.0 Å². The number of carbonyl (C=O) groups is 1. The zero-order chi connectivity index (χ0) is 22.4. The molecular formula is C21H18F2N2O5S. The number of benzene rings is 3. The summed E-state index contributed by atoms with van der Waals surface area (Å²) >= 11 is 0. The number of anilines is 2. The highest BCUT2D eigenvalue weighted by Crippen LogP contribution is 2.22. The highest BCUT2D eigenvalue weighted by atomic mass is 32.2. The Labute approximate surface area is 177 Å². The van der Waals surface area contributed by atoms with Crippen molar-refractivity contribution in [2.75, 3.05) is 23.8 Å². The highest BCUT2D eigenvalue weighted by Gasteiger charge is 2.16. The van der Waals surface area contributed by atoms with E-state index in [1.807, 2.05) is 0 Å². The molecule has 7 nitrogen and oxygen atoms in total. The molecule has 0 saturated heterocycles. The molecule has 3 aromatic rings. The maximum absolute atomic E-state index is 13.6. The summed E-state index contributed by atoms with van der Waals surface area (Å²) in [7, 11) is -2.39. The molecule has 0 bridgehead atoms. The molecule has 0 unspecified atom stereocenters. The van der Waals surface area contributed by atoms with Crippen molar-refractivity contribution in [2.45, 2.75) is 4.90 Å². The number of ether oxygens (including phenoxy) is 2. The first-order chi connectivity index (χ1) is 14.8. The van der Waals surface area contributed by atoms with E-state index in [4.69, 9.17) is 9.47 Å². The summed E-state index contributed by atoms with van der Waals surface area (Å²) in [5, 5.41) is 2.09. The topological polar surface area (TPSA) is 93.7 Å². The minimum atomic E-state index is -3.86. The van der Waals surface area contributed by atoms with Gasteiger partial charge in [-0.1, -0.05) is 12.1 Å². The predicted molar refractivity (Wildman–Crippen MR) is 111 cm³/mol. The van der Waals surface area contributed by atoms with Crippen LogP contribution in [0.25, 0.3) is 0 Å². The molecule has 3 rings (SSSR count). The third-order valence-corrected chi connectivity index (χ3v) is 5.45. The number of halogens is 2. The minimum absolute atomic E-state index is 0.0273. The predicted octanol–water partition coefficient (Wildman–Crippen LogP) is 3.79. The van der Waals surface area contributed by atoms with E-state index in [2.05, 4.69) is 10.0 Å². The standard InChI is InChI=1S/C21H18F2N2O5S/c1-29-16-5-2-4-14(12-16)25-31(27,28)17-10-8-15(9-11-17)30-13-20(26)24-21-18(22)6-3-7-19(21)23/h2-12,25H,13H2,1H3,(H,24,26). The number of hydrogen-bond acceptors (Lipinski definition) is 5. The molecule has 0 radical (unpaired) electrons. The molecule has 0 spiro atoms. The van der Waals surface area contributed by atoms with Crippen LogP contribution in [0.2, 0.25) is 0 Å². The van der Waals surface area contributed by atoms with Gasteiger partial charge in [0.2, 0.25) is 0 Å². The van der Waals surface area contributed by atoms with Gasteiger partial charge >= 0.3 is 0 Å². The van der Waals surface area contributed by atoms with Crippen molar-refractivity contribution in [1.29, 1.82) is 0 Å². The number of para-hydroxylation sites is 1. The van der Waals surface area contributed by atoms with Gasteiger partial charge in [0.15, 0.2) is 6.61 Å². The van der Waals surface area contributed by atoms with Gasteiger partial charge in [0.25, 0.3) is 15.9 Å². The van der Waals surface area contributed by atoms with Crippen molar-refractivity contribution in [3.05, 3.63) is 78.4 Å². The second kappa shape index (κ2) is 9.43. The van der Waals surface area contributed by atoms with Crippen LogP contribution in [0.15, 0.2) is 71.6 Å². The van der Waals surface area contributed by atoms with Crippen LogP contribution in [0.4, 0.5) is 20.2 Å². The Morgan fingerprint density at radius 2 is 1.58 bits per heavy atom. The third kappa shape index (κ3) is 5.70. The van der Waals surface area contributed by atoms with E-state index in [1.54, 1.807) is 18.2 Å². The summed E-state index contributed by atoms with van der Waals surface area (Å²) in [5.41, 5.74) is -0.238. The van der Waals surface area contributed by atoms with E-state index in [-0.39, 0.29) is 10.6 Å². The Balaban J connectivity index is 1.61. The van der Waals surface area contributed by atoms with Crippen LogP contribution in [0, 0.1) is 11.6 Å². The summed E-state index contributed by atoms with van der Waals surface area (Å²) in [4.78, 5) is 11.9. The number of methoxy groups -OCH3 is 1. The molecule has 10 heteroatoms. The maximum atomic E-state index is 13.6. The van der Waals surface area contributed by atoms with Crippen LogP contribution in [0.3, 0.4) is 0 Å². The molecule has 0 fully saturated rings. The molecule has 0 aromatic heterocycles. The Bertz CT molecular complexity index is 1160. The minimum Gasteiger partial charge on any atom is -0.497 e. The van der Waals surface area contributed by atoms with Crippen LogP contribution in [-0.2, 0) is 14.8 Å². The monoisotopic (exact) mass is 448 g/mol. The lowest BCUT2D eigenvalue weighted by Gasteiger charge is -2.11. The van der Waals surface area contributed by atoms with Crippen molar-refractivity contribution < 1.29 is 31.5 Å². The Kier molecular flexibility index (Phi) is 6.71. The zero-order valence-electron chi connectivity index (χ0n) is 16.3. The molecule has 0 atom stereocenters. The number of amides is 1. The van der Waals surface area contributed by atoms with Gasteiger partial charge in [0.05, 0.1) is 17.7 Å². The van der Waals surface area contributed by atoms with Gasteiger partial charge in [-0.15, -0.1) is 0 Å². The van der Waals surface area contributed by atoms with Gasteiger partial charge in [0.1, 0.15) is 28.8 Å². The molecule has 0 aliphatic heterocycles. The molecule has 0 aliphatic carbocycles. The number of rotatable bonds is 8. The molecular weight excluding hydrogens is 430 g/mol. The molecule has 0 saturated carbocycles. The maximum Gasteiger partial charge on any atom is 0.262 e. The number of nitrogens with one attached hydrogen (secondary N) is 2. The highest BCUT2D eigenvalue weighted by molar-refractivity contribution is 7.92. The molecule has 3 aromatic carbocycles. The molecule has 0 aliphatic rings. The average molecular weight is 448 g/mol. The van der Waals surface area contributed by atoms with Gasteiger partial charge in [-0.25, -0.2) is 17.2 Å². The van der Waals surface area contributed by atoms with Crippen LogP contribution in [0.5, 0.6) is 11.5 Å². The molecule has 162 valence electrons. The summed E-state index contributed by atoms with van der Waals surface area (Å²) in [6, 6.07) is 15.0. The average Bonchev–Trinajstić information content (AvgIpc) is 2.75. The van der Waals surface area contributed by atoms with Gasteiger partial charge in [0, 0.05) is 6.07 Å². The SMILES string of the molecule is COc1cccc(NS(=O)(=O)c2ccc(OCC(=O)Nc3c(F)cccc3F)cc2)c1. The van der Waals surface area contributed by atoms with E-state index >= 15 is 0 Å². The quantitative estimate of drug-likeness (QED) is 0.547. The van der Waals surface area contributed by atoms with E-state index in [0.29, 0.717) is 11.4 Å². The second-order valence-corrected chi connectivity index (χ2v) is 7.92. The Hall–Kier alpha value is -3.66. The summed E-state index contributed by atoms with van der Waals surface area (Å²) in [6.45, 7) is -0.526. The first-order valence-electron chi connectivity index (χ1n) is 8.92. The summed E-state index contributed by atoms with van der Waals surface area (Å²) in [6.07, 6.45) is 0. The fraction of sp³-hybridized carbons (Fsp3) is 0.0952. The number of hydrogen-bond donors (Lipinski definition) is 2. The van der Waals surface area contributed by atoms with Gasteiger partial charge < -0.3 is 14.8 Å². The van der Waals surface area contributed by atoms with Crippen molar-refractivity contribution in [3.63, 3.8) is 0 Å². The molecule has 2 N–H and O–H groups in total. The van der Waals surface area contributed by atoms with Crippen molar-refractivity contribution in [1.82, 2.24) is 0 Å². The van der Waals surface area contributed by atoms with Crippen molar-refractivity contribution in [3.8, 4) is 11.5 Å². The lowest BCUT2D eigenvalue weighted by Crippen LogP contribution is -2.21. The fourth-order valence-electron chi connectivity index (χ4n) is 2.56. The van der Waals surface area contributed by atoms with E-state index < -0.39 is 39.9 Å². The lowest BCUT2D eigenvalue weighted by molar-refractivity contribution is -0.118. The Morgan fingerprint density at radius 1 is 0.935 bits per heavy atom. The molecule has 0 heterocycles. The van der Waals surface area contributed by atoms with E-state index in [1.165, 1.54) is 43.5 Å². The smallest absolute Gasteiger partial charge is 0.262 e. The van der Waals surface area contributed by atoms with Gasteiger partial charge in [-0.3, -0.25) is 9.52 Å². The van der Waals surface area contributed by atoms with Crippen LogP contribution < -0.4 is 19.5 Å². The fourth-order valence-corrected chi connectivity index (χ4v) is 3.61. The van der Waals surface area contributed by atoms with Crippen LogP contribution in [0.1, 0.15) is 0 Å². The first-order valence-corrected chi connectivity index (χ1v) is 10.4. The van der Waals surface area contributed by atoms with Crippen LogP contribution in [-0.4, -0.2) is 28.0 Å². The number of sulfonamides is 1. The molecule has 31 heavy (non-hydrogen) atoms. The second-order valence-electron chi connectivity index (χ2n) is 6.24. The first kappa shape index (κ1) is 22.0. The van der Waals surface area contributed by atoms with Crippen molar-refractivity contribution >= 4 is 27.3 Å². The zero-order valence-corrected chi connectivity index (χ0v) is 17.1. The van der Waals surface area contributed by atoms with E-state index in [0.717, 1.165) is 12.1 Å². The lowest BCUT2D eigenvalue weighted by atomic mass is 10.3. The van der Waals surface area contributed by atoms with Crippen molar-refractivity contribution in [2.24, 2.45) is 0 Å². The number of carbonyl (C=O) groups excluding carboxylic acids is 1. The summed E-state index contributed by atoms with van der Waals surface area (Å²) < 4.78 is 64.9. The Morgan fingerprint density at radius 3 is 2.23 bits per heavy atom. The third-order valence-electron chi connectivity index (χ3n) is 4.05. The van der Waals surface area contributed by atoms with Gasteiger partial charge in [-0.2, -0.15) is 0 Å².